The quantitative estimate of drug-likeness (QED) is 0.556. The summed E-state index contributed by atoms with van der Waals surface area (Å²) in [4.78, 5) is 10.7. The SMILES string of the molecule is O=S=C(C(=O)Cl)C1(O)CCCCC1. The van der Waals surface area contributed by atoms with Crippen molar-refractivity contribution in [3.8, 4) is 0 Å². The highest BCUT2D eigenvalue weighted by atomic mass is 35.5. The molecule has 0 aromatic rings. The molecule has 1 aliphatic rings. The molecule has 0 radical (unpaired) electrons. The Balaban J connectivity index is 2.88. The van der Waals surface area contributed by atoms with Crippen molar-refractivity contribution in [2.75, 3.05) is 0 Å². The monoisotopic (exact) mass is 222 g/mol. The van der Waals surface area contributed by atoms with Crippen molar-refractivity contribution in [1.29, 1.82) is 0 Å². The summed E-state index contributed by atoms with van der Waals surface area (Å²) in [6.45, 7) is 0. The summed E-state index contributed by atoms with van der Waals surface area (Å²) in [7, 11) is 0. The average molecular weight is 223 g/mol. The zero-order chi connectivity index (χ0) is 9.90. The Morgan fingerprint density at radius 3 is 2.23 bits per heavy atom. The van der Waals surface area contributed by atoms with Gasteiger partial charge in [0.05, 0.1) is 0 Å². The van der Waals surface area contributed by atoms with Gasteiger partial charge in [-0.3, -0.25) is 4.79 Å². The summed E-state index contributed by atoms with van der Waals surface area (Å²) in [6, 6.07) is 0. The second kappa shape index (κ2) is 4.35. The van der Waals surface area contributed by atoms with Gasteiger partial charge in [-0.05, 0) is 24.4 Å². The van der Waals surface area contributed by atoms with Crippen molar-refractivity contribution in [3.63, 3.8) is 0 Å². The first kappa shape index (κ1) is 10.9. The molecule has 0 aromatic heterocycles. The molecule has 0 unspecified atom stereocenters. The maximum Gasteiger partial charge on any atom is 0.264 e. The van der Waals surface area contributed by atoms with Crippen LogP contribution in [0.2, 0.25) is 0 Å². The second-order valence-corrected chi connectivity index (χ2v) is 4.20. The van der Waals surface area contributed by atoms with E-state index in [0.717, 1.165) is 19.3 Å². The van der Waals surface area contributed by atoms with E-state index < -0.39 is 10.8 Å². The molecule has 1 N–H and O–H groups in total. The van der Waals surface area contributed by atoms with E-state index in [1.165, 1.54) is 0 Å². The van der Waals surface area contributed by atoms with E-state index >= 15 is 0 Å². The first-order valence-corrected chi connectivity index (χ1v) is 5.31. The molecular formula is C8H11ClO3S. The number of rotatable bonds is 2. The Morgan fingerprint density at radius 2 is 1.85 bits per heavy atom. The third-order valence-electron chi connectivity index (χ3n) is 2.37. The zero-order valence-electron chi connectivity index (χ0n) is 7.09. The fourth-order valence-electron chi connectivity index (χ4n) is 1.66. The summed E-state index contributed by atoms with van der Waals surface area (Å²) in [5, 5.41) is 9.12. The predicted molar refractivity (Wildman–Crippen MR) is 52.0 cm³/mol. The number of hydrogen-bond acceptors (Lipinski definition) is 3. The van der Waals surface area contributed by atoms with Gasteiger partial charge < -0.3 is 5.11 Å². The standard InChI is InChI=1S/C8H11ClO3S/c9-7(10)6(13-12)8(11)4-2-1-3-5-8/h11H,1-5H2. The van der Waals surface area contributed by atoms with Gasteiger partial charge in [0.15, 0.2) is 0 Å². The summed E-state index contributed by atoms with van der Waals surface area (Å²) >= 11 is 5.23. The predicted octanol–water partition coefficient (Wildman–Crippen LogP) is 0.832. The molecule has 13 heavy (non-hydrogen) atoms. The average Bonchev–Trinajstić information content (AvgIpc) is 2.05. The lowest BCUT2D eigenvalue weighted by molar-refractivity contribution is -0.107. The van der Waals surface area contributed by atoms with Gasteiger partial charge in [-0.15, -0.1) is 0 Å². The lowest BCUT2D eigenvalue weighted by Gasteiger charge is -2.30. The number of hydrogen-bond donors (Lipinski definition) is 1. The van der Waals surface area contributed by atoms with E-state index in [-0.39, 0.29) is 16.1 Å². The van der Waals surface area contributed by atoms with Crippen LogP contribution >= 0.6 is 11.6 Å². The zero-order valence-corrected chi connectivity index (χ0v) is 8.66. The fourth-order valence-corrected chi connectivity index (χ4v) is 2.35. The van der Waals surface area contributed by atoms with Crippen LogP contribution < -0.4 is 0 Å². The van der Waals surface area contributed by atoms with Gasteiger partial charge in [0.25, 0.3) is 5.24 Å². The molecule has 0 atom stereocenters. The van der Waals surface area contributed by atoms with Gasteiger partial charge in [0, 0.05) is 0 Å². The fraction of sp³-hybridized carbons (Fsp3) is 0.750. The lowest BCUT2D eigenvalue weighted by atomic mass is 9.83. The summed E-state index contributed by atoms with van der Waals surface area (Å²) < 4.78 is 10.6. The number of carbonyl (C=O) groups excluding carboxylic acids is 1. The normalized spacial score (nSPS) is 20.8. The topological polar surface area (TPSA) is 54.4 Å². The molecule has 5 heteroatoms. The molecule has 0 bridgehead atoms. The third kappa shape index (κ3) is 2.39. The number of carbonyl (C=O) groups is 1. The van der Waals surface area contributed by atoms with E-state index in [0.29, 0.717) is 12.8 Å². The van der Waals surface area contributed by atoms with E-state index in [1.807, 2.05) is 0 Å². The Morgan fingerprint density at radius 1 is 1.31 bits per heavy atom. The Bertz CT molecular complexity index is 265. The van der Waals surface area contributed by atoms with Crippen molar-refractivity contribution in [1.82, 2.24) is 0 Å². The molecule has 1 rings (SSSR count). The van der Waals surface area contributed by atoms with Gasteiger partial charge in [0.2, 0.25) is 0 Å². The van der Waals surface area contributed by atoms with Crippen LogP contribution in [-0.4, -0.2) is 25.0 Å². The molecular weight excluding hydrogens is 212 g/mol. The first-order valence-electron chi connectivity index (χ1n) is 4.19. The van der Waals surface area contributed by atoms with Gasteiger partial charge in [-0.25, -0.2) is 4.21 Å². The minimum atomic E-state index is -1.25. The number of aliphatic hydroxyl groups is 1. The summed E-state index contributed by atoms with van der Waals surface area (Å²) in [5.41, 5.74) is -1.25. The summed E-state index contributed by atoms with van der Waals surface area (Å²) in [6.07, 6.45) is 3.65. The van der Waals surface area contributed by atoms with Crippen molar-refractivity contribution >= 4 is 33.0 Å². The maximum atomic E-state index is 10.8. The Labute approximate surface area is 85.2 Å². The van der Waals surface area contributed by atoms with Crippen LogP contribution in [0, 0.1) is 0 Å². The molecule has 0 saturated heterocycles. The highest BCUT2D eigenvalue weighted by Gasteiger charge is 2.37. The maximum absolute atomic E-state index is 10.8. The molecule has 74 valence electrons. The van der Waals surface area contributed by atoms with Crippen LogP contribution in [0.15, 0.2) is 0 Å². The van der Waals surface area contributed by atoms with Crippen molar-refractivity contribution < 1.29 is 14.1 Å². The minimum absolute atomic E-state index is 0.0186. The third-order valence-corrected chi connectivity index (χ3v) is 3.40. The van der Waals surface area contributed by atoms with Gasteiger partial charge >= 0.3 is 0 Å². The van der Waals surface area contributed by atoms with E-state index in [9.17, 15) is 14.1 Å². The molecule has 1 saturated carbocycles. The van der Waals surface area contributed by atoms with E-state index in [2.05, 4.69) is 0 Å². The van der Waals surface area contributed by atoms with Crippen LogP contribution in [0.1, 0.15) is 32.1 Å². The molecule has 0 spiro atoms. The van der Waals surface area contributed by atoms with E-state index in [1.54, 1.807) is 0 Å². The Hall–Kier alpha value is -0.190. The molecule has 1 fully saturated rings. The molecule has 0 aromatic carbocycles. The van der Waals surface area contributed by atoms with Crippen LogP contribution in [-0.2, 0) is 16.1 Å². The van der Waals surface area contributed by atoms with Gasteiger partial charge in [-0.2, -0.15) is 0 Å². The Kier molecular flexibility index (Phi) is 3.64. The second-order valence-electron chi connectivity index (χ2n) is 3.28. The van der Waals surface area contributed by atoms with E-state index in [4.69, 9.17) is 11.6 Å². The van der Waals surface area contributed by atoms with Gasteiger partial charge in [-0.1, -0.05) is 19.3 Å². The van der Waals surface area contributed by atoms with Crippen LogP contribution in [0.4, 0.5) is 0 Å². The molecule has 0 amide bonds. The van der Waals surface area contributed by atoms with Crippen molar-refractivity contribution in [2.45, 2.75) is 37.7 Å². The summed E-state index contributed by atoms with van der Waals surface area (Å²) in [5.74, 6) is 0. The first-order chi connectivity index (χ1) is 6.10. The molecule has 0 aliphatic heterocycles. The lowest BCUT2D eigenvalue weighted by Crippen LogP contribution is -2.43. The molecule has 1 aliphatic carbocycles. The van der Waals surface area contributed by atoms with Gasteiger partial charge in [0.1, 0.15) is 21.7 Å². The minimum Gasteiger partial charge on any atom is -0.384 e. The van der Waals surface area contributed by atoms with Crippen LogP contribution in [0.3, 0.4) is 0 Å². The highest BCUT2D eigenvalue weighted by molar-refractivity contribution is 7.69. The molecule has 0 heterocycles. The van der Waals surface area contributed by atoms with Crippen molar-refractivity contribution in [2.24, 2.45) is 0 Å². The molecule has 3 nitrogen and oxygen atoms in total. The largest absolute Gasteiger partial charge is 0.384 e. The number of halogens is 1. The smallest absolute Gasteiger partial charge is 0.264 e. The van der Waals surface area contributed by atoms with Crippen LogP contribution in [0.5, 0.6) is 0 Å². The highest BCUT2D eigenvalue weighted by Crippen LogP contribution is 2.29. The van der Waals surface area contributed by atoms with Crippen molar-refractivity contribution in [3.05, 3.63) is 0 Å². The van der Waals surface area contributed by atoms with Crippen LogP contribution in [0.25, 0.3) is 0 Å².